The van der Waals surface area contributed by atoms with Crippen LogP contribution in [0.1, 0.15) is 22.3 Å². The molecular weight excluding hydrogens is 617 g/mol. The van der Waals surface area contributed by atoms with Gasteiger partial charge in [0.1, 0.15) is 0 Å². The van der Waals surface area contributed by atoms with Crippen molar-refractivity contribution in [2.45, 2.75) is 5.41 Å². The summed E-state index contributed by atoms with van der Waals surface area (Å²) in [7, 11) is 0. The Labute approximate surface area is 292 Å². The number of aromatic nitrogens is 2. The van der Waals surface area contributed by atoms with Gasteiger partial charge in [-0.1, -0.05) is 140 Å². The van der Waals surface area contributed by atoms with Crippen LogP contribution in [-0.4, -0.2) is 8.80 Å². The molecule has 4 heterocycles. The second-order valence-electron chi connectivity index (χ2n) is 14.4. The lowest BCUT2D eigenvalue weighted by Crippen LogP contribution is -2.28. The van der Waals surface area contributed by atoms with Crippen LogP contribution in [0.5, 0.6) is 0 Å². The van der Waals surface area contributed by atoms with Gasteiger partial charge in [-0.05, 0) is 63.7 Å². The molecule has 4 aromatic heterocycles. The van der Waals surface area contributed by atoms with Crippen molar-refractivity contribution in [3.05, 3.63) is 192 Å². The Bertz CT molecular complexity index is 3360. The summed E-state index contributed by atoms with van der Waals surface area (Å²) < 4.78 is 5.13. The van der Waals surface area contributed by atoms with Crippen LogP contribution in [0.3, 0.4) is 0 Å². The van der Waals surface area contributed by atoms with E-state index in [-0.39, 0.29) is 0 Å². The molecule has 0 saturated heterocycles. The van der Waals surface area contributed by atoms with Crippen molar-refractivity contribution in [3.63, 3.8) is 0 Å². The molecule has 1 aliphatic carbocycles. The molecule has 51 heavy (non-hydrogen) atoms. The maximum Gasteiger partial charge on any atom is 0.0720 e. The van der Waals surface area contributed by atoms with Crippen molar-refractivity contribution >= 4 is 76.2 Å². The zero-order valence-electron chi connectivity index (χ0n) is 27.6. The van der Waals surface area contributed by atoms with Gasteiger partial charge in [-0.2, -0.15) is 0 Å². The minimum absolute atomic E-state index is 0.520. The molecule has 234 valence electrons. The van der Waals surface area contributed by atoms with E-state index < -0.39 is 5.41 Å². The zero-order valence-corrected chi connectivity index (χ0v) is 27.6. The van der Waals surface area contributed by atoms with E-state index in [2.05, 4.69) is 179 Å². The molecule has 8 aromatic carbocycles. The van der Waals surface area contributed by atoms with Gasteiger partial charge < -0.3 is 8.80 Å². The summed E-state index contributed by atoms with van der Waals surface area (Å²) in [5.41, 5.74) is 15.1. The van der Waals surface area contributed by atoms with Gasteiger partial charge in [0.25, 0.3) is 0 Å². The second-order valence-corrected chi connectivity index (χ2v) is 14.4. The lowest BCUT2D eigenvalue weighted by atomic mass is 9.66. The Morgan fingerprint density at radius 1 is 0.333 bits per heavy atom. The van der Waals surface area contributed by atoms with E-state index >= 15 is 0 Å². The van der Waals surface area contributed by atoms with Crippen LogP contribution in [0.4, 0.5) is 0 Å². The zero-order chi connectivity index (χ0) is 33.0. The highest BCUT2D eigenvalue weighted by molar-refractivity contribution is 6.39. The molecule has 0 unspecified atom stereocenters. The maximum absolute atomic E-state index is 2.60. The lowest BCUT2D eigenvalue weighted by Gasteiger charge is -2.34. The maximum atomic E-state index is 2.60. The summed E-state index contributed by atoms with van der Waals surface area (Å²) in [4.78, 5) is 0. The number of benzene rings is 8. The van der Waals surface area contributed by atoms with Crippen LogP contribution in [0.15, 0.2) is 170 Å². The molecule has 0 spiro atoms. The van der Waals surface area contributed by atoms with Crippen LogP contribution in [0.2, 0.25) is 0 Å². The number of para-hydroxylation sites is 3. The molecule has 0 aliphatic heterocycles. The van der Waals surface area contributed by atoms with Gasteiger partial charge in [0.05, 0.1) is 38.5 Å². The van der Waals surface area contributed by atoms with Crippen LogP contribution >= 0.6 is 0 Å². The first-order valence-corrected chi connectivity index (χ1v) is 17.9. The van der Waals surface area contributed by atoms with Gasteiger partial charge in [-0.15, -0.1) is 0 Å². The molecule has 0 fully saturated rings. The molecule has 0 N–H and O–H groups in total. The number of hydrogen-bond acceptors (Lipinski definition) is 0. The molecule has 0 saturated carbocycles. The smallest absolute Gasteiger partial charge is 0.0720 e. The van der Waals surface area contributed by atoms with Gasteiger partial charge >= 0.3 is 0 Å². The summed E-state index contributed by atoms with van der Waals surface area (Å²) in [5, 5.41) is 10.6. The van der Waals surface area contributed by atoms with Crippen molar-refractivity contribution in [3.8, 4) is 11.1 Å². The standard InChI is InChI=1S/C49H28N2/c1-3-15-29(16-4-1)49(30-17-5-2-6-18-30)38-23-11-7-19-31(38)35-27-36-32-20-8-13-25-40(32)51-42-28-37-33-21-9-12-24-39(33)50-41-26-14-10-22-34(41)43(47(37)50)44(42)45(46(35)49)48(36)51/h1-28H. The summed E-state index contributed by atoms with van der Waals surface area (Å²) in [6.07, 6.45) is 0. The van der Waals surface area contributed by atoms with Crippen molar-refractivity contribution in [2.24, 2.45) is 0 Å². The Morgan fingerprint density at radius 2 is 0.824 bits per heavy atom. The van der Waals surface area contributed by atoms with Crippen LogP contribution in [0, 0.1) is 0 Å². The third kappa shape index (κ3) is 2.85. The fraction of sp³-hybridized carbons (Fsp3) is 0.0204. The lowest BCUT2D eigenvalue weighted by molar-refractivity contribution is 0.776. The van der Waals surface area contributed by atoms with Crippen molar-refractivity contribution < 1.29 is 0 Å². The summed E-state index contributed by atoms with van der Waals surface area (Å²) >= 11 is 0. The molecule has 0 radical (unpaired) electrons. The van der Waals surface area contributed by atoms with Crippen LogP contribution in [-0.2, 0) is 5.41 Å². The Morgan fingerprint density at radius 3 is 1.49 bits per heavy atom. The largest absolute Gasteiger partial charge is 0.308 e. The summed E-state index contributed by atoms with van der Waals surface area (Å²) in [6, 6.07) is 63.7. The molecule has 1 aliphatic rings. The van der Waals surface area contributed by atoms with E-state index in [9.17, 15) is 0 Å². The number of hydrogen-bond donors (Lipinski definition) is 0. The van der Waals surface area contributed by atoms with Gasteiger partial charge in [0.15, 0.2) is 0 Å². The van der Waals surface area contributed by atoms with Crippen molar-refractivity contribution in [1.29, 1.82) is 0 Å². The Hall–Kier alpha value is -6.64. The first-order chi connectivity index (χ1) is 25.4. The highest BCUT2D eigenvalue weighted by Crippen LogP contribution is 2.61. The van der Waals surface area contributed by atoms with E-state index in [0.717, 1.165) is 0 Å². The fourth-order valence-electron chi connectivity index (χ4n) is 10.5. The third-order valence-electron chi connectivity index (χ3n) is 12.2. The summed E-state index contributed by atoms with van der Waals surface area (Å²) in [5.74, 6) is 0. The first-order valence-electron chi connectivity index (χ1n) is 17.9. The first kappa shape index (κ1) is 26.3. The third-order valence-corrected chi connectivity index (χ3v) is 12.2. The Balaban J connectivity index is 1.41. The quantitative estimate of drug-likeness (QED) is 0.177. The highest BCUT2D eigenvalue weighted by atomic mass is 14.9. The number of rotatable bonds is 2. The molecule has 2 heteroatoms. The molecule has 0 bridgehead atoms. The van der Waals surface area contributed by atoms with E-state index in [1.165, 1.54) is 110 Å². The molecule has 2 nitrogen and oxygen atoms in total. The van der Waals surface area contributed by atoms with E-state index in [4.69, 9.17) is 0 Å². The molecule has 12 aromatic rings. The minimum atomic E-state index is -0.520. The predicted molar refractivity (Wildman–Crippen MR) is 213 cm³/mol. The van der Waals surface area contributed by atoms with Gasteiger partial charge in [-0.3, -0.25) is 0 Å². The minimum Gasteiger partial charge on any atom is -0.308 e. The Kier molecular flexibility index (Phi) is 4.60. The predicted octanol–water partition coefficient (Wildman–Crippen LogP) is 12.3. The normalized spacial score (nSPS) is 14.0. The fourth-order valence-corrected chi connectivity index (χ4v) is 10.5. The van der Waals surface area contributed by atoms with Crippen LogP contribution < -0.4 is 0 Å². The highest BCUT2D eigenvalue weighted by Gasteiger charge is 2.48. The number of fused-ring (bicyclic) bond motifs is 17. The monoisotopic (exact) mass is 644 g/mol. The van der Waals surface area contributed by atoms with E-state index in [1.54, 1.807) is 0 Å². The van der Waals surface area contributed by atoms with Crippen molar-refractivity contribution in [1.82, 2.24) is 8.80 Å². The van der Waals surface area contributed by atoms with Gasteiger partial charge in [0, 0.05) is 43.1 Å². The number of nitrogens with zero attached hydrogens (tertiary/aromatic N) is 2. The molecular formula is C49H28N2. The average Bonchev–Trinajstić information content (AvgIpc) is 3.97. The van der Waals surface area contributed by atoms with Crippen LogP contribution in [0.25, 0.3) is 87.3 Å². The second kappa shape index (κ2) is 8.93. The molecule has 13 rings (SSSR count). The molecule has 0 amide bonds. The van der Waals surface area contributed by atoms with Gasteiger partial charge in [-0.25, -0.2) is 0 Å². The van der Waals surface area contributed by atoms with Crippen molar-refractivity contribution in [2.75, 3.05) is 0 Å². The topological polar surface area (TPSA) is 8.82 Å². The molecule has 0 atom stereocenters. The average molecular weight is 645 g/mol. The SMILES string of the molecule is c1ccc(C2(c3ccccc3)c3ccccc3-c3cc4c5ccccc5n5c6cc7c8ccccc8n8c9ccccc9c(c6c(c32)c45)c78)cc1. The van der Waals surface area contributed by atoms with Gasteiger partial charge in [0.2, 0.25) is 0 Å². The summed E-state index contributed by atoms with van der Waals surface area (Å²) in [6.45, 7) is 0. The van der Waals surface area contributed by atoms with E-state index in [0.29, 0.717) is 0 Å². The van der Waals surface area contributed by atoms with E-state index in [1.807, 2.05) is 0 Å².